The van der Waals surface area contributed by atoms with Gasteiger partial charge in [-0.15, -0.1) is 0 Å². The van der Waals surface area contributed by atoms with Crippen LogP contribution >= 0.6 is 0 Å². The van der Waals surface area contributed by atoms with E-state index in [0.29, 0.717) is 0 Å². The predicted molar refractivity (Wildman–Crippen MR) is 64.2 cm³/mol. The first-order valence-corrected chi connectivity index (χ1v) is 6.30. The standard InChI is InChI=1S/C12H23N3O/c1-2-5-14-12(11-13)4-7-15-6-3-9-16-10-8-15/h12,14H,2-10H2,1H3. The van der Waals surface area contributed by atoms with Crippen molar-refractivity contribution in [3.05, 3.63) is 0 Å². The maximum Gasteiger partial charge on any atom is 0.0965 e. The minimum absolute atomic E-state index is 0.00382. The lowest BCUT2D eigenvalue weighted by molar-refractivity contribution is 0.141. The summed E-state index contributed by atoms with van der Waals surface area (Å²) in [5, 5.41) is 12.2. The Labute approximate surface area is 98.6 Å². The zero-order chi connectivity index (χ0) is 11.6. The molecule has 1 N–H and O–H groups in total. The maximum absolute atomic E-state index is 8.98. The van der Waals surface area contributed by atoms with Gasteiger partial charge in [-0.25, -0.2) is 0 Å². The van der Waals surface area contributed by atoms with Gasteiger partial charge in [0.05, 0.1) is 18.7 Å². The van der Waals surface area contributed by atoms with Gasteiger partial charge in [0.2, 0.25) is 0 Å². The van der Waals surface area contributed by atoms with Crippen LogP contribution < -0.4 is 5.32 Å². The first kappa shape index (κ1) is 13.4. The zero-order valence-electron chi connectivity index (χ0n) is 10.2. The number of nitrogens with zero attached hydrogens (tertiary/aromatic N) is 2. The third kappa shape index (κ3) is 5.45. The van der Waals surface area contributed by atoms with E-state index in [1.807, 2.05) is 0 Å². The van der Waals surface area contributed by atoms with Crippen molar-refractivity contribution in [2.75, 3.05) is 39.4 Å². The van der Waals surface area contributed by atoms with Gasteiger partial charge in [-0.1, -0.05) is 6.92 Å². The maximum atomic E-state index is 8.98. The normalized spacial score (nSPS) is 20.0. The van der Waals surface area contributed by atoms with Gasteiger partial charge < -0.3 is 15.0 Å². The van der Waals surface area contributed by atoms with Crippen LogP contribution in [0.3, 0.4) is 0 Å². The van der Waals surface area contributed by atoms with E-state index >= 15 is 0 Å². The van der Waals surface area contributed by atoms with Gasteiger partial charge in [0.25, 0.3) is 0 Å². The van der Waals surface area contributed by atoms with Crippen LogP contribution in [0.25, 0.3) is 0 Å². The van der Waals surface area contributed by atoms with Crippen molar-refractivity contribution in [3.63, 3.8) is 0 Å². The number of nitriles is 1. The van der Waals surface area contributed by atoms with Gasteiger partial charge in [-0.2, -0.15) is 5.26 Å². The first-order chi connectivity index (χ1) is 7.86. The average Bonchev–Trinajstić information content (AvgIpc) is 2.58. The van der Waals surface area contributed by atoms with Crippen molar-refractivity contribution < 1.29 is 4.74 Å². The summed E-state index contributed by atoms with van der Waals surface area (Å²) in [6, 6.07) is 2.33. The van der Waals surface area contributed by atoms with Crippen molar-refractivity contribution >= 4 is 0 Å². The molecule has 4 nitrogen and oxygen atoms in total. The highest BCUT2D eigenvalue weighted by molar-refractivity contribution is 4.90. The topological polar surface area (TPSA) is 48.3 Å². The van der Waals surface area contributed by atoms with Crippen LogP contribution in [0.15, 0.2) is 0 Å². The van der Waals surface area contributed by atoms with Gasteiger partial charge in [0, 0.05) is 26.2 Å². The van der Waals surface area contributed by atoms with Crippen LogP contribution in [0.1, 0.15) is 26.2 Å². The molecule has 1 fully saturated rings. The molecule has 0 aromatic carbocycles. The van der Waals surface area contributed by atoms with Crippen molar-refractivity contribution in [1.29, 1.82) is 5.26 Å². The molecule has 4 heteroatoms. The molecule has 1 unspecified atom stereocenters. The summed E-state index contributed by atoms with van der Waals surface area (Å²) in [6.45, 7) is 7.87. The Morgan fingerprint density at radius 1 is 1.44 bits per heavy atom. The quantitative estimate of drug-likeness (QED) is 0.732. The van der Waals surface area contributed by atoms with Gasteiger partial charge in [-0.3, -0.25) is 0 Å². The van der Waals surface area contributed by atoms with E-state index < -0.39 is 0 Å². The fourth-order valence-corrected chi connectivity index (χ4v) is 1.86. The van der Waals surface area contributed by atoms with Crippen molar-refractivity contribution in [2.45, 2.75) is 32.2 Å². The lowest BCUT2D eigenvalue weighted by Crippen LogP contribution is -2.35. The van der Waals surface area contributed by atoms with Gasteiger partial charge in [0.15, 0.2) is 0 Å². The van der Waals surface area contributed by atoms with Crippen LogP contribution in [-0.2, 0) is 4.74 Å². The molecule has 16 heavy (non-hydrogen) atoms. The highest BCUT2D eigenvalue weighted by Crippen LogP contribution is 2.02. The third-order valence-corrected chi connectivity index (χ3v) is 2.85. The highest BCUT2D eigenvalue weighted by Gasteiger charge is 2.12. The Morgan fingerprint density at radius 3 is 3.06 bits per heavy atom. The van der Waals surface area contributed by atoms with Crippen LogP contribution in [0.2, 0.25) is 0 Å². The lowest BCUT2D eigenvalue weighted by atomic mass is 10.2. The summed E-state index contributed by atoms with van der Waals surface area (Å²) >= 11 is 0. The zero-order valence-corrected chi connectivity index (χ0v) is 10.2. The number of hydrogen-bond acceptors (Lipinski definition) is 4. The number of nitrogens with one attached hydrogen (secondary N) is 1. The molecular weight excluding hydrogens is 202 g/mol. The summed E-state index contributed by atoms with van der Waals surface area (Å²) in [5.74, 6) is 0. The van der Waals surface area contributed by atoms with E-state index in [0.717, 1.165) is 58.7 Å². The summed E-state index contributed by atoms with van der Waals surface area (Å²) in [5.41, 5.74) is 0. The molecule has 0 radical (unpaired) electrons. The lowest BCUT2D eigenvalue weighted by Gasteiger charge is -2.20. The Morgan fingerprint density at radius 2 is 2.31 bits per heavy atom. The molecule has 1 heterocycles. The van der Waals surface area contributed by atoms with E-state index in [1.165, 1.54) is 0 Å². The highest BCUT2D eigenvalue weighted by atomic mass is 16.5. The number of ether oxygens (including phenoxy) is 1. The molecule has 1 atom stereocenters. The SMILES string of the molecule is CCCNC(C#N)CCN1CCCOCC1. The van der Waals surface area contributed by atoms with Crippen molar-refractivity contribution in [2.24, 2.45) is 0 Å². The second kappa shape index (κ2) is 8.51. The van der Waals surface area contributed by atoms with Crippen LogP contribution in [0.5, 0.6) is 0 Å². The second-order valence-corrected chi connectivity index (χ2v) is 4.23. The average molecular weight is 225 g/mol. The third-order valence-electron chi connectivity index (χ3n) is 2.85. The van der Waals surface area contributed by atoms with Crippen molar-refractivity contribution in [1.82, 2.24) is 10.2 Å². The van der Waals surface area contributed by atoms with E-state index in [-0.39, 0.29) is 6.04 Å². The van der Waals surface area contributed by atoms with E-state index in [9.17, 15) is 0 Å². The predicted octanol–water partition coefficient (Wildman–Crippen LogP) is 0.991. The molecule has 0 bridgehead atoms. The molecule has 0 aromatic rings. The van der Waals surface area contributed by atoms with E-state index in [1.54, 1.807) is 0 Å². The van der Waals surface area contributed by atoms with Crippen LogP contribution in [0, 0.1) is 11.3 Å². The van der Waals surface area contributed by atoms with Gasteiger partial charge in [0.1, 0.15) is 0 Å². The van der Waals surface area contributed by atoms with Gasteiger partial charge in [-0.05, 0) is 25.8 Å². The summed E-state index contributed by atoms with van der Waals surface area (Å²) in [7, 11) is 0. The minimum atomic E-state index is 0.00382. The molecule has 0 aromatic heterocycles. The second-order valence-electron chi connectivity index (χ2n) is 4.23. The number of rotatable bonds is 6. The Bertz CT molecular complexity index is 207. The fraction of sp³-hybridized carbons (Fsp3) is 0.917. The fourth-order valence-electron chi connectivity index (χ4n) is 1.86. The first-order valence-electron chi connectivity index (χ1n) is 6.30. The Hall–Kier alpha value is -0.630. The molecule has 92 valence electrons. The smallest absolute Gasteiger partial charge is 0.0965 e. The monoisotopic (exact) mass is 225 g/mol. The summed E-state index contributed by atoms with van der Waals surface area (Å²) in [6.07, 6.45) is 3.10. The largest absolute Gasteiger partial charge is 0.380 e. The Kier molecular flexibility index (Phi) is 7.15. The molecule has 0 amide bonds. The van der Waals surface area contributed by atoms with E-state index in [4.69, 9.17) is 10.00 Å². The van der Waals surface area contributed by atoms with Gasteiger partial charge >= 0.3 is 0 Å². The molecule has 1 aliphatic rings. The van der Waals surface area contributed by atoms with Crippen LogP contribution in [-0.4, -0.2) is 50.3 Å². The number of hydrogen-bond donors (Lipinski definition) is 1. The molecule has 1 saturated heterocycles. The Balaban J connectivity index is 2.17. The molecule has 0 aliphatic carbocycles. The molecule has 1 aliphatic heterocycles. The summed E-state index contributed by atoms with van der Waals surface area (Å²) in [4.78, 5) is 2.39. The molecule has 0 spiro atoms. The van der Waals surface area contributed by atoms with Crippen molar-refractivity contribution in [3.8, 4) is 6.07 Å². The minimum Gasteiger partial charge on any atom is -0.380 e. The molecule has 0 saturated carbocycles. The van der Waals surface area contributed by atoms with E-state index in [2.05, 4.69) is 23.2 Å². The summed E-state index contributed by atoms with van der Waals surface area (Å²) < 4.78 is 5.40. The van der Waals surface area contributed by atoms with Crippen LogP contribution in [0.4, 0.5) is 0 Å². The molecule has 1 rings (SSSR count). The molecular formula is C12H23N3O.